The summed E-state index contributed by atoms with van der Waals surface area (Å²) in [6.45, 7) is 1.16. The Balaban J connectivity index is 1.41. The Bertz CT molecular complexity index is 1310. The fourth-order valence-electron chi connectivity index (χ4n) is 3.56. The van der Waals surface area contributed by atoms with Gasteiger partial charge in [-0.25, -0.2) is 14.8 Å². The van der Waals surface area contributed by atoms with Crippen LogP contribution in [0.1, 0.15) is 29.3 Å². The molecule has 1 aromatic carbocycles. The van der Waals surface area contributed by atoms with Crippen molar-refractivity contribution in [1.29, 1.82) is 0 Å². The molecule has 0 spiro atoms. The molecule has 3 heterocycles. The zero-order valence-corrected chi connectivity index (χ0v) is 19.6. The van der Waals surface area contributed by atoms with Crippen molar-refractivity contribution in [3.8, 4) is 5.75 Å². The number of fused-ring (bicyclic) bond motifs is 1. The van der Waals surface area contributed by atoms with Gasteiger partial charge >= 0.3 is 18.1 Å². The Morgan fingerprint density at radius 3 is 2.72 bits per heavy atom. The molecule has 188 valence electrons. The molecule has 0 saturated carbocycles. The number of esters is 2. The smallest absolute Gasteiger partial charge is 0.491 e. The maximum absolute atomic E-state index is 12.5. The number of thiazole rings is 1. The molecule has 0 bridgehead atoms. The Kier molecular flexibility index (Phi) is 7.84. The number of H-pyrrole nitrogens is 1. The number of aromatic nitrogens is 3. The highest BCUT2D eigenvalue weighted by Crippen LogP contribution is 2.36. The van der Waals surface area contributed by atoms with Gasteiger partial charge in [0.15, 0.2) is 0 Å². The van der Waals surface area contributed by atoms with Crippen LogP contribution in [0.3, 0.4) is 0 Å². The normalized spacial score (nSPS) is 12.3. The monoisotopic (exact) mass is 518 g/mol. The molecule has 0 amide bonds. The molecule has 0 fully saturated rings. The second-order valence-electron chi connectivity index (χ2n) is 7.68. The minimum atomic E-state index is -5.25. The van der Waals surface area contributed by atoms with Gasteiger partial charge in [0.25, 0.3) is 0 Å². The minimum Gasteiger partial charge on any atom is -0.493 e. The first-order valence-corrected chi connectivity index (χ1v) is 11.8. The van der Waals surface area contributed by atoms with Gasteiger partial charge in [-0.2, -0.15) is 13.2 Å². The average molecular weight is 519 g/mol. The van der Waals surface area contributed by atoms with Gasteiger partial charge in [-0.1, -0.05) is 6.07 Å². The summed E-state index contributed by atoms with van der Waals surface area (Å²) in [5.74, 6) is -3.10. The molecule has 36 heavy (non-hydrogen) atoms. The summed E-state index contributed by atoms with van der Waals surface area (Å²) in [5, 5.41) is 6.15. The molecule has 2 N–H and O–H groups in total. The van der Waals surface area contributed by atoms with Crippen molar-refractivity contribution < 1.29 is 32.2 Å². The standard InChI is InChI=1S/C24H21F3N4O4S/c25-24(26,27)23(33)35-21(32)13-17(22-30-9-11-36-22)18-14-31-19-12-15(5-6-16(18)19)34-10-3-8-29-20-4-1-2-7-28-20/h1-2,4-7,9,11-12,14,17,31H,3,8,10,13H2,(H,28,29). The number of nitrogens with zero attached hydrogens (tertiary/aromatic N) is 2. The van der Waals surface area contributed by atoms with Crippen molar-refractivity contribution in [2.75, 3.05) is 18.5 Å². The van der Waals surface area contributed by atoms with E-state index in [1.165, 1.54) is 17.5 Å². The zero-order valence-electron chi connectivity index (χ0n) is 18.7. The molecule has 0 aliphatic rings. The van der Waals surface area contributed by atoms with Gasteiger partial charge in [0.1, 0.15) is 16.6 Å². The van der Waals surface area contributed by atoms with Crippen molar-refractivity contribution in [2.24, 2.45) is 0 Å². The van der Waals surface area contributed by atoms with Crippen molar-refractivity contribution in [2.45, 2.75) is 24.9 Å². The number of benzene rings is 1. The van der Waals surface area contributed by atoms with Crippen molar-refractivity contribution in [3.63, 3.8) is 0 Å². The van der Waals surface area contributed by atoms with E-state index in [0.29, 0.717) is 29.5 Å². The minimum absolute atomic E-state index is 0.472. The molecular formula is C24H21F3N4O4S. The lowest BCUT2D eigenvalue weighted by Gasteiger charge is -2.14. The Morgan fingerprint density at radius 2 is 2.00 bits per heavy atom. The van der Waals surface area contributed by atoms with Gasteiger partial charge in [-0.05, 0) is 36.2 Å². The number of nitrogens with one attached hydrogen (secondary N) is 2. The summed E-state index contributed by atoms with van der Waals surface area (Å²) in [6, 6.07) is 11.0. The highest BCUT2D eigenvalue weighted by Gasteiger charge is 2.42. The lowest BCUT2D eigenvalue weighted by Crippen LogP contribution is -2.28. The molecule has 0 saturated heterocycles. The van der Waals surface area contributed by atoms with E-state index in [-0.39, 0.29) is 0 Å². The molecule has 8 nitrogen and oxygen atoms in total. The van der Waals surface area contributed by atoms with Crippen LogP contribution in [0.25, 0.3) is 10.9 Å². The molecular weight excluding hydrogens is 497 g/mol. The topological polar surface area (TPSA) is 106 Å². The number of rotatable bonds is 10. The summed E-state index contributed by atoms with van der Waals surface area (Å²) in [4.78, 5) is 34.7. The molecule has 1 atom stereocenters. The van der Waals surface area contributed by atoms with Crippen LogP contribution in [0.5, 0.6) is 5.75 Å². The number of hydrogen-bond acceptors (Lipinski definition) is 8. The van der Waals surface area contributed by atoms with E-state index in [2.05, 4.69) is 25.0 Å². The van der Waals surface area contributed by atoms with Crippen LogP contribution in [0, 0.1) is 0 Å². The maximum atomic E-state index is 12.5. The maximum Gasteiger partial charge on any atom is 0.491 e. The zero-order chi connectivity index (χ0) is 25.5. The number of carbonyl (C=O) groups excluding carboxylic acids is 2. The summed E-state index contributed by atoms with van der Waals surface area (Å²) in [5.41, 5.74) is 1.36. The van der Waals surface area contributed by atoms with Crippen LogP contribution in [0.15, 0.2) is 60.4 Å². The fourth-order valence-corrected chi connectivity index (χ4v) is 4.32. The number of anilines is 1. The summed E-state index contributed by atoms with van der Waals surface area (Å²) < 4.78 is 47.3. The first kappa shape index (κ1) is 25.2. The Morgan fingerprint density at radius 1 is 1.14 bits per heavy atom. The van der Waals surface area contributed by atoms with Gasteiger partial charge in [0, 0.05) is 53.4 Å². The SMILES string of the molecule is O=C(CC(c1nccs1)c1c[nH]c2cc(OCCCNc3ccccn3)ccc12)OC(=O)C(F)(F)F. The van der Waals surface area contributed by atoms with Gasteiger partial charge in [0.05, 0.1) is 13.0 Å². The molecule has 4 aromatic rings. The predicted octanol–water partition coefficient (Wildman–Crippen LogP) is 5.05. The van der Waals surface area contributed by atoms with E-state index >= 15 is 0 Å². The van der Waals surface area contributed by atoms with Crippen LogP contribution >= 0.6 is 11.3 Å². The van der Waals surface area contributed by atoms with Gasteiger partial charge in [-0.15, -0.1) is 11.3 Å². The number of hydrogen-bond donors (Lipinski definition) is 2. The van der Waals surface area contributed by atoms with E-state index in [9.17, 15) is 22.8 Å². The third-order valence-corrected chi connectivity index (χ3v) is 6.07. The highest BCUT2D eigenvalue weighted by atomic mass is 32.1. The number of carbonyl (C=O) groups is 2. The lowest BCUT2D eigenvalue weighted by atomic mass is 9.95. The first-order valence-electron chi connectivity index (χ1n) is 10.9. The summed E-state index contributed by atoms with van der Waals surface area (Å²) >= 11 is 1.25. The van der Waals surface area contributed by atoms with Crippen molar-refractivity contribution in [1.82, 2.24) is 15.0 Å². The van der Waals surface area contributed by atoms with E-state index in [4.69, 9.17) is 4.74 Å². The first-order chi connectivity index (χ1) is 17.3. The summed E-state index contributed by atoms with van der Waals surface area (Å²) in [6.07, 6.45) is -0.0844. The van der Waals surface area contributed by atoms with E-state index in [1.54, 1.807) is 36.0 Å². The molecule has 0 aliphatic carbocycles. The average Bonchev–Trinajstić information content (AvgIpc) is 3.53. The molecule has 3 aromatic heterocycles. The second-order valence-corrected chi connectivity index (χ2v) is 8.61. The molecule has 4 rings (SSSR count). The van der Waals surface area contributed by atoms with Crippen LogP contribution in [0.2, 0.25) is 0 Å². The lowest BCUT2D eigenvalue weighted by molar-refractivity contribution is -0.201. The van der Waals surface area contributed by atoms with Crippen molar-refractivity contribution in [3.05, 3.63) is 70.9 Å². The quantitative estimate of drug-likeness (QED) is 0.172. The largest absolute Gasteiger partial charge is 0.493 e. The van der Waals surface area contributed by atoms with Gasteiger partial charge < -0.3 is 19.8 Å². The Labute approximate surface area is 207 Å². The third kappa shape index (κ3) is 6.39. The number of aromatic amines is 1. The number of alkyl halides is 3. The molecule has 0 aliphatic heterocycles. The van der Waals surface area contributed by atoms with Crippen LogP contribution in [0.4, 0.5) is 19.0 Å². The van der Waals surface area contributed by atoms with Crippen LogP contribution < -0.4 is 10.1 Å². The van der Waals surface area contributed by atoms with Gasteiger partial charge in [0.2, 0.25) is 0 Å². The summed E-state index contributed by atoms with van der Waals surface area (Å²) in [7, 11) is 0. The third-order valence-electron chi connectivity index (χ3n) is 5.18. The van der Waals surface area contributed by atoms with Gasteiger partial charge in [-0.3, -0.25) is 4.79 Å². The van der Waals surface area contributed by atoms with Crippen LogP contribution in [-0.2, 0) is 14.3 Å². The molecule has 12 heteroatoms. The Hall–Kier alpha value is -3.93. The number of halogens is 3. The molecule has 1 unspecified atom stereocenters. The van der Waals surface area contributed by atoms with Crippen molar-refractivity contribution >= 4 is 40.0 Å². The van der Waals surface area contributed by atoms with E-state index in [1.807, 2.05) is 18.2 Å². The van der Waals surface area contributed by atoms with Crippen LogP contribution in [-0.4, -0.2) is 46.2 Å². The number of pyridine rings is 1. The highest BCUT2D eigenvalue weighted by molar-refractivity contribution is 7.09. The van der Waals surface area contributed by atoms with E-state index in [0.717, 1.165) is 23.1 Å². The second kappa shape index (κ2) is 11.2. The van der Waals surface area contributed by atoms with E-state index < -0.39 is 30.5 Å². The predicted molar refractivity (Wildman–Crippen MR) is 127 cm³/mol. The fraction of sp³-hybridized carbons (Fsp3) is 0.250. The molecule has 0 radical (unpaired) electrons. The number of ether oxygens (including phenoxy) is 2.